The number of carboxylic acids is 1. The number of carbonyl (C=O) groups excluding carboxylic acids is 1. The van der Waals surface area contributed by atoms with E-state index in [2.05, 4.69) is 5.32 Å². The number of aliphatic carboxylic acids is 1. The molecule has 1 fully saturated rings. The minimum atomic E-state index is -0.980. The van der Waals surface area contributed by atoms with Crippen molar-refractivity contribution < 1.29 is 28.6 Å². The largest absolute Gasteiger partial charge is 0.492 e. The zero-order valence-electron chi connectivity index (χ0n) is 19.5. The van der Waals surface area contributed by atoms with Crippen LogP contribution in [-0.2, 0) is 22.5 Å². The Morgan fingerprint density at radius 3 is 2.38 bits per heavy atom. The Bertz CT molecular complexity index is 916. The van der Waals surface area contributed by atoms with Crippen molar-refractivity contribution >= 4 is 12.0 Å². The van der Waals surface area contributed by atoms with Crippen LogP contribution in [0.15, 0.2) is 48.5 Å². The number of nitrogens with one attached hydrogen (secondary N) is 1. The molecule has 2 amide bonds. The number of amides is 2. The lowest BCUT2D eigenvalue weighted by molar-refractivity contribution is -0.149. The molecule has 0 bridgehead atoms. The van der Waals surface area contributed by atoms with Crippen LogP contribution in [0.4, 0.5) is 9.18 Å². The van der Waals surface area contributed by atoms with Gasteiger partial charge in [-0.05, 0) is 61.1 Å². The topological polar surface area (TPSA) is 88.1 Å². The van der Waals surface area contributed by atoms with Gasteiger partial charge in [0, 0.05) is 26.1 Å². The summed E-state index contributed by atoms with van der Waals surface area (Å²) in [5.41, 5.74) is 1.68. The lowest BCUT2D eigenvalue weighted by Gasteiger charge is -2.32. The standard InChI is InChI=1S/C26H33FN2O5/c1-2-33-24(25(30)31)16-19-8-12-23(13-9-19)34-15-14-29(18-21-4-3-5-21)26(32)28-17-20-6-10-22(27)11-7-20/h6-13,21,24H,2-5,14-18H2,1H3,(H,28,32)(H,30,31). The first-order valence-electron chi connectivity index (χ1n) is 11.8. The third kappa shape index (κ3) is 8.02. The third-order valence-electron chi connectivity index (χ3n) is 5.97. The van der Waals surface area contributed by atoms with Crippen molar-refractivity contribution in [1.29, 1.82) is 0 Å². The van der Waals surface area contributed by atoms with Gasteiger partial charge >= 0.3 is 12.0 Å². The average Bonchev–Trinajstić information content (AvgIpc) is 2.80. The smallest absolute Gasteiger partial charge is 0.333 e. The number of halogens is 1. The molecule has 1 aliphatic rings. The molecule has 34 heavy (non-hydrogen) atoms. The van der Waals surface area contributed by atoms with Gasteiger partial charge in [0.15, 0.2) is 6.10 Å². The molecule has 2 aromatic carbocycles. The summed E-state index contributed by atoms with van der Waals surface area (Å²) in [7, 11) is 0. The van der Waals surface area contributed by atoms with Crippen molar-refractivity contribution in [2.45, 2.75) is 45.3 Å². The maximum Gasteiger partial charge on any atom is 0.333 e. The van der Waals surface area contributed by atoms with E-state index in [1.807, 2.05) is 12.1 Å². The Hall–Kier alpha value is -3.13. The molecule has 1 unspecified atom stereocenters. The number of rotatable bonds is 13. The molecular formula is C26H33FN2O5. The minimum absolute atomic E-state index is 0.161. The summed E-state index contributed by atoms with van der Waals surface area (Å²) < 4.78 is 24.2. The molecule has 8 heteroatoms. The Morgan fingerprint density at radius 1 is 1.12 bits per heavy atom. The van der Waals surface area contributed by atoms with Crippen LogP contribution in [0.25, 0.3) is 0 Å². The molecule has 1 atom stereocenters. The molecule has 0 radical (unpaired) electrons. The van der Waals surface area contributed by atoms with Gasteiger partial charge in [0.25, 0.3) is 0 Å². The van der Waals surface area contributed by atoms with Crippen LogP contribution >= 0.6 is 0 Å². The van der Waals surface area contributed by atoms with Crippen LogP contribution < -0.4 is 10.1 Å². The fourth-order valence-electron chi connectivity index (χ4n) is 3.78. The highest BCUT2D eigenvalue weighted by molar-refractivity contribution is 5.74. The quantitative estimate of drug-likeness (QED) is 0.455. The fraction of sp³-hybridized carbons (Fsp3) is 0.462. The maximum atomic E-state index is 13.1. The van der Waals surface area contributed by atoms with Gasteiger partial charge in [-0.25, -0.2) is 14.0 Å². The molecule has 7 nitrogen and oxygen atoms in total. The van der Waals surface area contributed by atoms with Crippen LogP contribution in [0.2, 0.25) is 0 Å². The van der Waals surface area contributed by atoms with Crippen molar-refractivity contribution in [3.8, 4) is 5.75 Å². The van der Waals surface area contributed by atoms with E-state index in [1.165, 1.54) is 18.6 Å². The van der Waals surface area contributed by atoms with Gasteiger partial charge in [0.05, 0.1) is 6.54 Å². The molecule has 0 saturated heterocycles. The number of ether oxygens (including phenoxy) is 2. The van der Waals surface area contributed by atoms with Crippen LogP contribution in [0.3, 0.4) is 0 Å². The number of hydrogen-bond acceptors (Lipinski definition) is 4. The first-order chi connectivity index (χ1) is 16.4. The van der Waals surface area contributed by atoms with E-state index in [1.54, 1.807) is 36.1 Å². The molecule has 2 N–H and O–H groups in total. The van der Waals surface area contributed by atoms with E-state index in [9.17, 15) is 19.1 Å². The zero-order valence-corrected chi connectivity index (χ0v) is 19.5. The monoisotopic (exact) mass is 472 g/mol. The van der Waals surface area contributed by atoms with E-state index in [-0.39, 0.29) is 18.3 Å². The maximum absolute atomic E-state index is 13.1. The first kappa shape index (κ1) is 25.5. The average molecular weight is 473 g/mol. The highest BCUT2D eigenvalue weighted by Crippen LogP contribution is 2.27. The summed E-state index contributed by atoms with van der Waals surface area (Å²) >= 11 is 0. The van der Waals surface area contributed by atoms with Gasteiger partial charge in [-0.2, -0.15) is 0 Å². The number of carbonyl (C=O) groups is 2. The summed E-state index contributed by atoms with van der Waals surface area (Å²) in [6, 6.07) is 13.2. The van der Waals surface area contributed by atoms with Crippen molar-refractivity contribution in [2.75, 3.05) is 26.3 Å². The molecule has 184 valence electrons. The summed E-state index contributed by atoms with van der Waals surface area (Å²) in [4.78, 5) is 25.8. The van der Waals surface area contributed by atoms with Gasteiger partial charge < -0.3 is 24.8 Å². The normalized spacial score (nSPS) is 14.2. The number of urea groups is 1. The van der Waals surface area contributed by atoms with E-state index in [0.29, 0.717) is 44.5 Å². The molecule has 0 aliphatic heterocycles. The van der Waals surface area contributed by atoms with Crippen molar-refractivity contribution in [2.24, 2.45) is 5.92 Å². The van der Waals surface area contributed by atoms with Gasteiger partial charge in [-0.15, -0.1) is 0 Å². The molecule has 1 saturated carbocycles. The second-order valence-corrected chi connectivity index (χ2v) is 8.51. The minimum Gasteiger partial charge on any atom is -0.492 e. The Morgan fingerprint density at radius 2 is 1.79 bits per heavy atom. The highest BCUT2D eigenvalue weighted by Gasteiger charge is 2.23. The molecule has 0 aromatic heterocycles. The second-order valence-electron chi connectivity index (χ2n) is 8.51. The molecule has 0 spiro atoms. The van der Waals surface area contributed by atoms with Gasteiger partial charge in [-0.3, -0.25) is 0 Å². The predicted molar refractivity (Wildman–Crippen MR) is 126 cm³/mol. The van der Waals surface area contributed by atoms with Crippen molar-refractivity contribution in [3.05, 3.63) is 65.5 Å². The number of benzene rings is 2. The van der Waals surface area contributed by atoms with E-state index in [0.717, 1.165) is 24.0 Å². The van der Waals surface area contributed by atoms with E-state index in [4.69, 9.17) is 9.47 Å². The number of nitrogens with zero attached hydrogens (tertiary/aromatic N) is 1. The van der Waals surface area contributed by atoms with Crippen LogP contribution in [0, 0.1) is 11.7 Å². The van der Waals surface area contributed by atoms with E-state index >= 15 is 0 Å². The summed E-state index contributed by atoms with van der Waals surface area (Å²) in [5.74, 6) is -0.111. The Kier molecular flexibility index (Phi) is 9.70. The van der Waals surface area contributed by atoms with Crippen molar-refractivity contribution in [1.82, 2.24) is 10.2 Å². The Balaban J connectivity index is 1.48. The molecule has 3 rings (SSSR count). The van der Waals surface area contributed by atoms with Gasteiger partial charge in [0.1, 0.15) is 18.2 Å². The lowest BCUT2D eigenvalue weighted by atomic mass is 9.85. The third-order valence-corrected chi connectivity index (χ3v) is 5.97. The van der Waals surface area contributed by atoms with Gasteiger partial charge in [0.2, 0.25) is 0 Å². The summed E-state index contributed by atoms with van der Waals surface area (Å²) in [6.07, 6.45) is 2.87. The SMILES string of the molecule is CCOC(Cc1ccc(OCCN(CC2CCC2)C(=O)NCc2ccc(F)cc2)cc1)C(=O)O. The van der Waals surface area contributed by atoms with E-state index < -0.39 is 12.1 Å². The molecular weight excluding hydrogens is 439 g/mol. The number of hydrogen-bond donors (Lipinski definition) is 2. The summed E-state index contributed by atoms with van der Waals surface area (Å²) in [6.45, 7) is 3.91. The molecule has 2 aromatic rings. The summed E-state index contributed by atoms with van der Waals surface area (Å²) in [5, 5.41) is 12.1. The second kappa shape index (κ2) is 12.9. The van der Waals surface area contributed by atoms with Crippen LogP contribution in [0.5, 0.6) is 5.75 Å². The number of carboxylic acid groups (broad SMARTS) is 1. The predicted octanol–water partition coefficient (Wildman–Crippen LogP) is 4.25. The Labute approximate surface area is 199 Å². The zero-order chi connectivity index (χ0) is 24.3. The first-order valence-corrected chi connectivity index (χ1v) is 11.8. The highest BCUT2D eigenvalue weighted by atomic mass is 19.1. The van der Waals surface area contributed by atoms with Crippen molar-refractivity contribution in [3.63, 3.8) is 0 Å². The lowest BCUT2D eigenvalue weighted by Crippen LogP contribution is -2.45. The van der Waals surface area contributed by atoms with Gasteiger partial charge in [-0.1, -0.05) is 30.7 Å². The molecule has 1 aliphatic carbocycles. The van der Waals surface area contributed by atoms with Crippen LogP contribution in [0.1, 0.15) is 37.3 Å². The van der Waals surface area contributed by atoms with Crippen LogP contribution in [-0.4, -0.2) is 54.4 Å². The molecule has 0 heterocycles. The fourth-order valence-corrected chi connectivity index (χ4v) is 3.78.